The third kappa shape index (κ3) is 3.72. The Balaban J connectivity index is 1.47. The predicted molar refractivity (Wildman–Crippen MR) is 174 cm³/mol. The van der Waals surface area contributed by atoms with Crippen LogP contribution in [0.15, 0.2) is 152 Å². The average Bonchev–Trinajstić information content (AvgIpc) is 3.55. The summed E-state index contributed by atoms with van der Waals surface area (Å²) in [7, 11) is 0. The van der Waals surface area contributed by atoms with Crippen molar-refractivity contribution in [2.75, 3.05) is 0 Å². The molecule has 0 saturated carbocycles. The summed E-state index contributed by atoms with van der Waals surface area (Å²) in [5, 5.41) is 5.06. The van der Waals surface area contributed by atoms with Gasteiger partial charge in [-0.25, -0.2) is 0 Å². The number of para-hydroxylation sites is 4. The van der Waals surface area contributed by atoms with E-state index in [4.69, 9.17) is 0 Å². The molecule has 0 aliphatic rings. The van der Waals surface area contributed by atoms with Gasteiger partial charge in [-0.3, -0.25) is 0 Å². The fraction of sp³-hybridized carbons (Fsp3) is 0.0256. The topological polar surface area (TPSA) is 9.86 Å². The molecular weight excluding hydrogens is 496 g/mol. The van der Waals surface area contributed by atoms with Crippen molar-refractivity contribution in [1.29, 1.82) is 0 Å². The van der Waals surface area contributed by atoms with Crippen LogP contribution in [0.4, 0.5) is 0 Å². The average molecular weight is 525 g/mol. The number of allylic oxidation sites excluding steroid dienone is 1. The van der Waals surface area contributed by atoms with Gasteiger partial charge in [-0.05, 0) is 65.6 Å². The van der Waals surface area contributed by atoms with Crippen LogP contribution in [0.25, 0.3) is 66.1 Å². The number of hydrogen-bond acceptors (Lipinski definition) is 0. The molecule has 41 heavy (non-hydrogen) atoms. The summed E-state index contributed by atoms with van der Waals surface area (Å²) in [5.41, 5.74) is 10.8. The maximum atomic E-state index is 3.91. The molecule has 6 aromatic carbocycles. The van der Waals surface area contributed by atoms with E-state index in [-0.39, 0.29) is 0 Å². The second kappa shape index (κ2) is 9.39. The Kier molecular flexibility index (Phi) is 5.39. The van der Waals surface area contributed by atoms with Crippen molar-refractivity contribution in [3.63, 3.8) is 0 Å². The van der Waals surface area contributed by atoms with Gasteiger partial charge in [0.25, 0.3) is 0 Å². The van der Waals surface area contributed by atoms with Crippen LogP contribution in [0, 0.1) is 0 Å². The Hall–Kier alpha value is -5.34. The standard InChI is InChI=1S/C39H28N2/c1-2-11-27-20-22-28(23-21-27)29-24-30(40-36-16-7-3-12-32(36)33-13-4-8-17-37(33)40)26-31(25-29)41-38-18-9-5-14-34(38)35-15-6-10-19-39(35)41/h2-10,12-26H,1,11H2. The molecule has 0 bridgehead atoms. The summed E-state index contributed by atoms with van der Waals surface area (Å²) in [6.45, 7) is 3.91. The number of nitrogens with zero attached hydrogens (tertiary/aromatic N) is 2. The smallest absolute Gasteiger partial charge is 0.0541 e. The van der Waals surface area contributed by atoms with Crippen molar-refractivity contribution in [2.24, 2.45) is 0 Å². The summed E-state index contributed by atoms with van der Waals surface area (Å²) in [6.07, 6.45) is 2.83. The van der Waals surface area contributed by atoms with Gasteiger partial charge >= 0.3 is 0 Å². The molecule has 0 aliphatic carbocycles. The second-order valence-corrected chi connectivity index (χ2v) is 10.7. The van der Waals surface area contributed by atoms with Gasteiger partial charge in [0.15, 0.2) is 0 Å². The first-order valence-corrected chi connectivity index (χ1v) is 14.1. The molecule has 2 nitrogen and oxygen atoms in total. The molecule has 0 radical (unpaired) electrons. The minimum Gasteiger partial charge on any atom is -0.309 e. The molecule has 0 unspecified atom stereocenters. The number of hydrogen-bond donors (Lipinski definition) is 0. The number of rotatable bonds is 5. The Morgan fingerprint density at radius 1 is 0.439 bits per heavy atom. The Morgan fingerprint density at radius 3 is 1.22 bits per heavy atom. The van der Waals surface area contributed by atoms with E-state index in [1.54, 1.807) is 0 Å². The highest BCUT2D eigenvalue weighted by Gasteiger charge is 2.17. The lowest BCUT2D eigenvalue weighted by atomic mass is 10.0. The van der Waals surface area contributed by atoms with Gasteiger partial charge in [-0.15, -0.1) is 6.58 Å². The van der Waals surface area contributed by atoms with Gasteiger partial charge in [0.05, 0.1) is 22.1 Å². The van der Waals surface area contributed by atoms with Crippen LogP contribution in [0.1, 0.15) is 5.56 Å². The zero-order valence-electron chi connectivity index (χ0n) is 22.7. The Morgan fingerprint density at radius 2 is 0.829 bits per heavy atom. The molecule has 2 heteroatoms. The van der Waals surface area contributed by atoms with Gasteiger partial charge in [-0.1, -0.05) is 103 Å². The van der Waals surface area contributed by atoms with E-state index in [0.717, 1.165) is 17.8 Å². The SMILES string of the molecule is C=CCc1ccc(-c2cc(-n3c4ccccc4c4ccccc43)cc(-n3c4ccccc4c4ccccc43)c2)cc1. The molecule has 0 fully saturated rings. The number of benzene rings is 6. The summed E-state index contributed by atoms with van der Waals surface area (Å²) >= 11 is 0. The quantitative estimate of drug-likeness (QED) is 0.198. The van der Waals surface area contributed by atoms with E-state index in [2.05, 4.69) is 155 Å². The second-order valence-electron chi connectivity index (χ2n) is 10.7. The Labute approximate surface area is 239 Å². The molecule has 2 aromatic heterocycles. The number of fused-ring (bicyclic) bond motifs is 6. The first-order valence-electron chi connectivity index (χ1n) is 14.1. The molecule has 0 spiro atoms. The molecule has 2 heterocycles. The van der Waals surface area contributed by atoms with Gasteiger partial charge < -0.3 is 9.13 Å². The van der Waals surface area contributed by atoms with Gasteiger partial charge in [0, 0.05) is 32.9 Å². The maximum absolute atomic E-state index is 3.91. The van der Waals surface area contributed by atoms with Crippen molar-refractivity contribution in [3.05, 3.63) is 158 Å². The van der Waals surface area contributed by atoms with Crippen LogP contribution in [0.5, 0.6) is 0 Å². The van der Waals surface area contributed by atoms with Gasteiger partial charge in [0.1, 0.15) is 0 Å². The minimum absolute atomic E-state index is 0.869. The molecule has 0 amide bonds. The lowest BCUT2D eigenvalue weighted by Gasteiger charge is -2.16. The molecule has 0 atom stereocenters. The zero-order valence-corrected chi connectivity index (χ0v) is 22.7. The van der Waals surface area contributed by atoms with Crippen molar-refractivity contribution in [3.8, 4) is 22.5 Å². The molecule has 0 N–H and O–H groups in total. The van der Waals surface area contributed by atoms with E-state index in [9.17, 15) is 0 Å². The van der Waals surface area contributed by atoms with Gasteiger partial charge in [-0.2, -0.15) is 0 Å². The van der Waals surface area contributed by atoms with Crippen LogP contribution in [-0.2, 0) is 6.42 Å². The van der Waals surface area contributed by atoms with E-state index >= 15 is 0 Å². The highest BCUT2D eigenvalue weighted by atomic mass is 15.0. The minimum atomic E-state index is 0.869. The maximum Gasteiger partial charge on any atom is 0.0541 e. The van der Waals surface area contributed by atoms with E-state index in [1.165, 1.54) is 60.3 Å². The zero-order chi connectivity index (χ0) is 27.3. The van der Waals surface area contributed by atoms with Crippen LogP contribution >= 0.6 is 0 Å². The molecule has 8 aromatic rings. The van der Waals surface area contributed by atoms with Crippen LogP contribution < -0.4 is 0 Å². The van der Waals surface area contributed by atoms with E-state index in [1.807, 2.05) is 6.08 Å². The highest BCUT2D eigenvalue weighted by Crippen LogP contribution is 2.37. The monoisotopic (exact) mass is 524 g/mol. The molecular formula is C39H28N2. The van der Waals surface area contributed by atoms with Crippen molar-refractivity contribution in [1.82, 2.24) is 9.13 Å². The van der Waals surface area contributed by atoms with E-state index in [0.29, 0.717) is 0 Å². The van der Waals surface area contributed by atoms with Crippen molar-refractivity contribution < 1.29 is 0 Å². The molecule has 0 saturated heterocycles. The normalized spacial score (nSPS) is 11.6. The lowest BCUT2D eigenvalue weighted by molar-refractivity contribution is 1.13. The third-order valence-corrected chi connectivity index (χ3v) is 8.25. The highest BCUT2D eigenvalue weighted by molar-refractivity contribution is 6.10. The van der Waals surface area contributed by atoms with Crippen LogP contribution in [0.3, 0.4) is 0 Å². The predicted octanol–water partition coefficient (Wildman–Crippen LogP) is 10.3. The van der Waals surface area contributed by atoms with Crippen LogP contribution in [-0.4, -0.2) is 9.13 Å². The van der Waals surface area contributed by atoms with Gasteiger partial charge in [0.2, 0.25) is 0 Å². The largest absolute Gasteiger partial charge is 0.309 e. The summed E-state index contributed by atoms with van der Waals surface area (Å²) in [6, 6.07) is 50.8. The fourth-order valence-electron chi connectivity index (χ4n) is 6.42. The van der Waals surface area contributed by atoms with Crippen molar-refractivity contribution in [2.45, 2.75) is 6.42 Å². The summed E-state index contributed by atoms with van der Waals surface area (Å²) < 4.78 is 4.83. The van der Waals surface area contributed by atoms with Crippen LogP contribution in [0.2, 0.25) is 0 Å². The molecule has 0 aliphatic heterocycles. The lowest BCUT2D eigenvalue weighted by Crippen LogP contribution is -2.00. The first kappa shape index (κ1) is 23.5. The fourth-order valence-corrected chi connectivity index (χ4v) is 6.42. The molecule has 8 rings (SSSR count). The summed E-state index contributed by atoms with van der Waals surface area (Å²) in [5.74, 6) is 0. The summed E-state index contributed by atoms with van der Waals surface area (Å²) in [4.78, 5) is 0. The number of aromatic nitrogens is 2. The third-order valence-electron chi connectivity index (χ3n) is 8.25. The Bertz CT molecular complexity index is 2000. The van der Waals surface area contributed by atoms with Crippen molar-refractivity contribution >= 4 is 43.6 Å². The van der Waals surface area contributed by atoms with E-state index < -0.39 is 0 Å². The molecule has 194 valence electrons. The first-order chi connectivity index (χ1) is 20.3.